The summed E-state index contributed by atoms with van der Waals surface area (Å²) in [5.74, 6) is 2.77. The number of anilines is 2. The molecule has 2 aliphatic heterocycles. The van der Waals surface area contributed by atoms with Gasteiger partial charge in [0.2, 0.25) is 0 Å². The maximum atomic E-state index is 4.75. The number of hydrogen-bond acceptors (Lipinski definition) is 6. The third kappa shape index (κ3) is 2.41. The van der Waals surface area contributed by atoms with Crippen molar-refractivity contribution in [2.45, 2.75) is 53.9 Å². The first kappa shape index (κ1) is 16.6. The van der Waals surface area contributed by atoms with Gasteiger partial charge in [-0.3, -0.25) is 0 Å². The summed E-state index contributed by atoms with van der Waals surface area (Å²) in [6.07, 6.45) is 4.84. The monoisotopic (exact) mass is 328 g/mol. The van der Waals surface area contributed by atoms with Gasteiger partial charge in [-0.1, -0.05) is 0 Å². The Balaban J connectivity index is 2.07. The maximum absolute atomic E-state index is 4.75. The summed E-state index contributed by atoms with van der Waals surface area (Å²) in [5.41, 5.74) is 3.59. The Morgan fingerprint density at radius 1 is 0.750 bits per heavy atom. The molecule has 0 aliphatic carbocycles. The van der Waals surface area contributed by atoms with Gasteiger partial charge >= 0.3 is 0 Å². The minimum atomic E-state index is 0.252. The molecule has 0 bridgehead atoms. The summed E-state index contributed by atoms with van der Waals surface area (Å²) in [7, 11) is 4.23. The minimum absolute atomic E-state index is 0.252. The quantitative estimate of drug-likeness (QED) is 0.831. The number of rotatable bonds is 2. The SMILES string of the molecule is CC1=CN(c2nc(C)nc(N3C=C(C)N(C)[C@@H]3C)c2C)[C@H](C)N1C. The van der Waals surface area contributed by atoms with E-state index in [1.807, 2.05) is 6.92 Å². The second-order valence-corrected chi connectivity index (χ2v) is 6.88. The summed E-state index contributed by atoms with van der Waals surface area (Å²) in [4.78, 5) is 18.5. The van der Waals surface area contributed by atoms with Crippen molar-refractivity contribution in [3.63, 3.8) is 0 Å². The fourth-order valence-electron chi connectivity index (χ4n) is 3.34. The highest BCUT2D eigenvalue weighted by molar-refractivity contribution is 5.64. The van der Waals surface area contributed by atoms with Crippen LogP contribution in [-0.4, -0.2) is 46.2 Å². The van der Waals surface area contributed by atoms with Crippen molar-refractivity contribution in [2.24, 2.45) is 0 Å². The van der Waals surface area contributed by atoms with E-state index in [0.29, 0.717) is 0 Å². The van der Waals surface area contributed by atoms with Crippen LogP contribution in [0.4, 0.5) is 11.6 Å². The summed E-state index contributed by atoms with van der Waals surface area (Å²) in [6.45, 7) is 12.7. The van der Waals surface area contributed by atoms with Crippen molar-refractivity contribution < 1.29 is 0 Å². The maximum Gasteiger partial charge on any atom is 0.143 e. The first-order valence-corrected chi connectivity index (χ1v) is 8.46. The Morgan fingerprint density at radius 2 is 1.12 bits per heavy atom. The Bertz CT molecular complexity index is 665. The molecule has 0 radical (unpaired) electrons. The largest absolute Gasteiger partial charge is 0.357 e. The molecular formula is C18H28N6. The molecule has 0 N–H and O–H groups in total. The molecule has 0 amide bonds. The summed E-state index contributed by atoms with van der Waals surface area (Å²) < 4.78 is 0. The number of aryl methyl sites for hydroxylation is 1. The first-order valence-electron chi connectivity index (χ1n) is 8.46. The normalized spacial score (nSPS) is 24.0. The fourth-order valence-corrected chi connectivity index (χ4v) is 3.34. The second-order valence-electron chi connectivity index (χ2n) is 6.88. The molecular weight excluding hydrogens is 300 g/mol. The zero-order valence-corrected chi connectivity index (χ0v) is 16.0. The predicted molar refractivity (Wildman–Crippen MR) is 98.4 cm³/mol. The van der Waals surface area contributed by atoms with Gasteiger partial charge < -0.3 is 19.6 Å². The number of hydrogen-bond donors (Lipinski definition) is 0. The number of nitrogens with zero attached hydrogens (tertiary/aromatic N) is 6. The lowest BCUT2D eigenvalue weighted by Gasteiger charge is -2.31. The first-order chi connectivity index (χ1) is 11.2. The smallest absolute Gasteiger partial charge is 0.143 e. The topological polar surface area (TPSA) is 38.7 Å². The lowest BCUT2D eigenvalue weighted by molar-refractivity contribution is 0.354. The van der Waals surface area contributed by atoms with Crippen molar-refractivity contribution in [2.75, 3.05) is 23.9 Å². The lowest BCUT2D eigenvalue weighted by atomic mass is 10.2. The van der Waals surface area contributed by atoms with Crippen LogP contribution in [0.2, 0.25) is 0 Å². The van der Waals surface area contributed by atoms with Crippen molar-refractivity contribution in [3.8, 4) is 0 Å². The minimum Gasteiger partial charge on any atom is -0.357 e. The van der Waals surface area contributed by atoms with Gasteiger partial charge in [0.15, 0.2) is 0 Å². The van der Waals surface area contributed by atoms with Crippen LogP contribution in [0.1, 0.15) is 39.1 Å². The summed E-state index contributed by atoms with van der Waals surface area (Å²) in [6, 6.07) is 0. The van der Waals surface area contributed by atoms with Crippen LogP contribution in [0.15, 0.2) is 23.8 Å². The molecule has 0 saturated heterocycles. The van der Waals surface area contributed by atoms with E-state index in [1.165, 1.54) is 11.4 Å². The molecule has 130 valence electrons. The predicted octanol–water partition coefficient (Wildman–Crippen LogP) is 3.01. The van der Waals surface area contributed by atoms with Gasteiger partial charge in [0.25, 0.3) is 0 Å². The molecule has 0 aromatic carbocycles. The van der Waals surface area contributed by atoms with Crippen LogP contribution >= 0.6 is 0 Å². The van der Waals surface area contributed by atoms with Gasteiger partial charge in [0, 0.05) is 43.5 Å². The van der Waals surface area contributed by atoms with E-state index in [9.17, 15) is 0 Å². The van der Waals surface area contributed by atoms with E-state index in [2.05, 4.69) is 80.7 Å². The van der Waals surface area contributed by atoms with Gasteiger partial charge in [0.1, 0.15) is 29.8 Å². The van der Waals surface area contributed by atoms with Crippen molar-refractivity contribution >= 4 is 11.6 Å². The third-order valence-corrected chi connectivity index (χ3v) is 5.39. The van der Waals surface area contributed by atoms with Crippen molar-refractivity contribution in [1.29, 1.82) is 0 Å². The van der Waals surface area contributed by atoms with Gasteiger partial charge in [-0.05, 0) is 41.5 Å². The molecule has 6 nitrogen and oxygen atoms in total. The van der Waals surface area contributed by atoms with E-state index in [4.69, 9.17) is 9.97 Å². The van der Waals surface area contributed by atoms with Crippen LogP contribution in [0, 0.1) is 13.8 Å². The molecule has 0 saturated carbocycles. The molecule has 2 atom stereocenters. The molecule has 0 spiro atoms. The van der Waals surface area contributed by atoms with Crippen LogP contribution < -0.4 is 9.80 Å². The Labute approximate surface area is 145 Å². The molecule has 1 aromatic rings. The zero-order chi connectivity index (χ0) is 17.8. The molecule has 3 rings (SSSR count). The van der Waals surface area contributed by atoms with Crippen LogP contribution in [-0.2, 0) is 0 Å². The average Bonchev–Trinajstić information content (AvgIpc) is 2.94. The number of aromatic nitrogens is 2. The Kier molecular flexibility index (Phi) is 3.94. The van der Waals surface area contributed by atoms with E-state index in [1.54, 1.807) is 0 Å². The molecule has 0 fully saturated rings. The average molecular weight is 328 g/mol. The summed E-state index contributed by atoms with van der Waals surface area (Å²) in [5, 5.41) is 0. The van der Waals surface area contributed by atoms with E-state index in [0.717, 1.165) is 23.0 Å². The highest BCUT2D eigenvalue weighted by Crippen LogP contribution is 2.35. The molecule has 1 aromatic heterocycles. The van der Waals surface area contributed by atoms with E-state index < -0.39 is 0 Å². The molecule has 24 heavy (non-hydrogen) atoms. The van der Waals surface area contributed by atoms with Crippen molar-refractivity contribution in [1.82, 2.24) is 19.8 Å². The highest BCUT2D eigenvalue weighted by atomic mass is 15.4. The summed E-state index contributed by atoms with van der Waals surface area (Å²) >= 11 is 0. The van der Waals surface area contributed by atoms with Gasteiger partial charge in [-0.2, -0.15) is 0 Å². The fraction of sp³-hybridized carbons (Fsp3) is 0.556. The van der Waals surface area contributed by atoms with Crippen molar-refractivity contribution in [3.05, 3.63) is 35.2 Å². The van der Waals surface area contributed by atoms with E-state index in [-0.39, 0.29) is 12.3 Å². The van der Waals surface area contributed by atoms with Crippen LogP contribution in [0.25, 0.3) is 0 Å². The zero-order valence-electron chi connectivity index (χ0n) is 16.0. The third-order valence-electron chi connectivity index (χ3n) is 5.39. The molecule has 6 heteroatoms. The van der Waals surface area contributed by atoms with Gasteiger partial charge in [-0.15, -0.1) is 0 Å². The van der Waals surface area contributed by atoms with Gasteiger partial charge in [-0.25, -0.2) is 9.97 Å². The lowest BCUT2D eigenvalue weighted by Crippen LogP contribution is -2.37. The van der Waals surface area contributed by atoms with Crippen LogP contribution in [0.5, 0.6) is 0 Å². The highest BCUT2D eigenvalue weighted by Gasteiger charge is 2.31. The van der Waals surface area contributed by atoms with Crippen LogP contribution in [0.3, 0.4) is 0 Å². The van der Waals surface area contributed by atoms with E-state index >= 15 is 0 Å². The molecule has 0 unspecified atom stereocenters. The molecule has 3 heterocycles. The second kappa shape index (κ2) is 5.69. The standard InChI is InChI=1S/C18H28N6/c1-11-9-23(15(5)21(11)7)17-13(3)18(20-14(4)19-17)24-10-12(2)22(8)16(24)6/h9-10,15-16H,1-8H3/t15-,16+. The van der Waals surface area contributed by atoms with Gasteiger partial charge in [0.05, 0.1) is 0 Å². The number of allylic oxidation sites excluding steroid dienone is 2. The Morgan fingerprint density at radius 3 is 1.42 bits per heavy atom. The molecule has 2 aliphatic rings. The Hall–Kier alpha value is -2.24.